The van der Waals surface area contributed by atoms with E-state index in [1.54, 1.807) is 6.07 Å². The van der Waals surface area contributed by atoms with Crippen molar-refractivity contribution in [2.75, 3.05) is 24.6 Å². The number of hydrogen-bond acceptors (Lipinski definition) is 5. The molecular formula is C38H51ClN4O3S. The number of allylic oxidation sites excluding steroid dienone is 2. The van der Waals surface area contributed by atoms with E-state index in [2.05, 4.69) is 59.4 Å². The first-order valence-corrected chi connectivity index (χ1v) is 19.0. The standard InChI is InChI=1S/C36H45ClN4O3S.C2H6/c1-5-7-25-18-29(37)12-14-30(25)28-21-41-20-27-10-13-31(27)32(35-38-16-17-40(35)4)9-6-8-23(2)24(3)45(43)39-36(42)26-11-15-34(44-22-28)33(41)19-26;1-2/h6,9,11-12,14-19,23-24,27-28,31-32H,5,7-8,10,13,20-22H2,1-4H3,(H,39,42);1-2H3/b9-6+;. The van der Waals surface area contributed by atoms with E-state index in [4.69, 9.17) is 21.3 Å². The van der Waals surface area contributed by atoms with Gasteiger partial charge in [0.25, 0.3) is 5.91 Å². The van der Waals surface area contributed by atoms with Crippen LogP contribution in [0.15, 0.2) is 60.9 Å². The number of aromatic nitrogens is 2. The molecule has 3 heterocycles. The van der Waals surface area contributed by atoms with Crippen LogP contribution in [-0.2, 0) is 24.5 Å². The second-order valence-electron chi connectivity index (χ2n) is 13.2. The Kier molecular flexibility index (Phi) is 11.9. The average molecular weight is 679 g/mol. The zero-order valence-electron chi connectivity index (χ0n) is 28.7. The first kappa shape index (κ1) is 35.2. The number of carbonyl (C=O) groups excluding carboxylic acids is 1. The number of fused-ring (bicyclic) bond motifs is 2. The second-order valence-corrected chi connectivity index (χ2v) is 15.2. The lowest BCUT2D eigenvalue weighted by atomic mass is 9.66. The van der Waals surface area contributed by atoms with Gasteiger partial charge in [-0.25, -0.2) is 9.19 Å². The van der Waals surface area contributed by atoms with Crippen LogP contribution in [0.2, 0.25) is 5.02 Å². The number of halogens is 1. The summed E-state index contributed by atoms with van der Waals surface area (Å²) in [5, 5.41) is 0.556. The number of rotatable bonds is 4. The summed E-state index contributed by atoms with van der Waals surface area (Å²) in [5.41, 5.74) is 3.96. The summed E-state index contributed by atoms with van der Waals surface area (Å²) in [6, 6.07) is 11.9. The quantitative estimate of drug-likeness (QED) is 0.282. The van der Waals surface area contributed by atoms with Gasteiger partial charge in [-0.05, 0) is 91.8 Å². The molecule has 2 bridgehead atoms. The van der Waals surface area contributed by atoms with Crippen molar-refractivity contribution < 1.29 is 13.7 Å². The molecule has 1 saturated carbocycles. The molecule has 6 rings (SSSR count). The summed E-state index contributed by atoms with van der Waals surface area (Å²) in [6.07, 6.45) is 13.6. The van der Waals surface area contributed by atoms with Crippen molar-refractivity contribution in [1.82, 2.24) is 14.3 Å². The second kappa shape index (κ2) is 15.9. The van der Waals surface area contributed by atoms with Gasteiger partial charge in [0.2, 0.25) is 0 Å². The van der Waals surface area contributed by atoms with Crippen molar-refractivity contribution in [1.29, 1.82) is 0 Å². The van der Waals surface area contributed by atoms with Crippen molar-refractivity contribution >= 4 is 34.2 Å². The molecule has 3 aromatic rings. The van der Waals surface area contributed by atoms with Crippen LogP contribution >= 0.6 is 11.6 Å². The highest BCUT2D eigenvalue weighted by Crippen LogP contribution is 2.47. The van der Waals surface area contributed by atoms with Gasteiger partial charge in [-0.3, -0.25) is 9.52 Å². The maximum absolute atomic E-state index is 13.4. The Morgan fingerprint density at radius 2 is 1.91 bits per heavy atom. The molecule has 7 unspecified atom stereocenters. The van der Waals surface area contributed by atoms with Gasteiger partial charge in [-0.2, -0.15) is 0 Å². The summed E-state index contributed by atoms with van der Waals surface area (Å²) < 4.78 is 24.7. The third kappa shape index (κ3) is 7.80. The molecule has 9 heteroatoms. The van der Waals surface area contributed by atoms with E-state index < -0.39 is 11.0 Å². The van der Waals surface area contributed by atoms with E-state index in [0.717, 1.165) is 67.5 Å². The normalized spacial score (nSPS) is 28.4. The number of nitrogens with one attached hydrogen (secondary N) is 1. The molecule has 254 valence electrons. The van der Waals surface area contributed by atoms with E-state index in [9.17, 15) is 9.00 Å². The number of aryl methyl sites for hydroxylation is 2. The van der Waals surface area contributed by atoms with Gasteiger partial charge < -0.3 is 14.2 Å². The van der Waals surface area contributed by atoms with Crippen LogP contribution in [0, 0.1) is 17.8 Å². The fraction of sp³-hybridized carbons (Fsp3) is 0.526. The molecule has 0 radical (unpaired) electrons. The summed E-state index contributed by atoms with van der Waals surface area (Å²) in [4.78, 5) is 20.7. The molecule has 2 aliphatic heterocycles. The fourth-order valence-corrected chi connectivity index (χ4v) is 8.45. The van der Waals surface area contributed by atoms with E-state index in [1.807, 2.05) is 51.4 Å². The molecule has 2 aromatic carbocycles. The maximum atomic E-state index is 13.4. The number of carbonyl (C=O) groups is 1. The lowest BCUT2D eigenvalue weighted by Gasteiger charge is -2.44. The molecule has 1 N–H and O–H groups in total. The first-order valence-electron chi connectivity index (χ1n) is 17.4. The number of amides is 1. The van der Waals surface area contributed by atoms with Crippen LogP contribution in [0.5, 0.6) is 5.75 Å². The fourth-order valence-electron chi connectivity index (χ4n) is 7.24. The predicted octanol–water partition coefficient (Wildman–Crippen LogP) is 8.22. The highest BCUT2D eigenvalue weighted by molar-refractivity contribution is 7.84. The summed E-state index contributed by atoms with van der Waals surface area (Å²) >= 11 is 6.45. The summed E-state index contributed by atoms with van der Waals surface area (Å²) in [7, 11) is 0.558. The van der Waals surface area contributed by atoms with Crippen LogP contribution in [0.25, 0.3) is 0 Å². The van der Waals surface area contributed by atoms with E-state index >= 15 is 0 Å². The van der Waals surface area contributed by atoms with Gasteiger partial charge in [-0.1, -0.05) is 63.9 Å². The molecule has 1 amide bonds. The molecular weight excluding hydrogens is 628 g/mol. The third-order valence-electron chi connectivity index (χ3n) is 10.2. The van der Waals surface area contributed by atoms with Crippen LogP contribution in [-0.4, -0.2) is 44.6 Å². The number of hydrogen-bond donors (Lipinski definition) is 1. The summed E-state index contributed by atoms with van der Waals surface area (Å²) in [6.45, 7) is 12.4. The number of imidazole rings is 1. The highest BCUT2D eigenvalue weighted by atomic mass is 35.5. The Hall–Kier alpha value is -3.10. The van der Waals surface area contributed by atoms with Crippen LogP contribution in [0.3, 0.4) is 0 Å². The van der Waals surface area contributed by atoms with Gasteiger partial charge in [0.1, 0.15) is 22.6 Å². The predicted molar refractivity (Wildman–Crippen MR) is 194 cm³/mol. The van der Waals surface area contributed by atoms with Crippen molar-refractivity contribution in [3.63, 3.8) is 0 Å². The lowest BCUT2D eigenvalue weighted by molar-refractivity contribution is 0.0982. The minimum Gasteiger partial charge on any atom is -0.491 e. The van der Waals surface area contributed by atoms with Crippen LogP contribution < -0.4 is 14.4 Å². The monoisotopic (exact) mass is 678 g/mol. The van der Waals surface area contributed by atoms with Gasteiger partial charge in [0, 0.05) is 55.0 Å². The van der Waals surface area contributed by atoms with Crippen molar-refractivity contribution in [2.24, 2.45) is 24.8 Å². The highest BCUT2D eigenvalue weighted by Gasteiger charge is 2.40. The number of ether oxygens (including phenoxy) is 1. The molecule has 1 aliphatic carbocycles. The van der Waals surface area contributed by atoms with E-state index in [0.29, 0.717) is 24.0 Å². The Bertz CT molecular complexity index is 1590. The zero-order valence-corrected chi connectivity index (χ0v) is 30.3. The lowest BCUT2D eigenvalue weighted by Crippen LogP contribution is -2.42. The molecule has 7 nitrogen and oxygen atoms in total. The Labute approximate surface area is 288 Å². The molecule has 0 saturated heterocycles. The Balaban J connectivity index is 0.00000213. The molecule has 0 spiro atoms. The minimum absolute atomic E-state index is 0.132. The largest absolute Gasteiger partial charge is 0.491 e. The Morgan fingerprint density at radius 1 is 1.11 bits per heavy atom. The van der Waals surface area contributed by atoms with Crippen LogP contribution in [0.4, 0.5) is 5.69 Å². The smallest absolute Gasteiger partial charge is 0.263 e. The molecule has 1 aromatic heterocycles. The first-order chi connectivity index (χ1) is 22.7. The number of anilines is 1. The molecule has 47 heavy (non-hydrogen) atoms. The molecule has 3 aliphatic rings. The molecule has 7 atom stereocenters. The minimum atomic E-state index is -1.52. The van der Waals surface area contributed by atoms with Crippen molar-refractivity contribution in [3.05, 3.63) is 88.5 Å². The van der Waals surface area contributed by atoms with Gasteiger partial charge >= 0.3 is 0 Å². The maximum Gasteiger partial charge on any atom is 0.263 e. The zero-order chi connectivity index (χ0) is 33.7. The van der Waals surface area contributed by atoms with Crippen molar-refractivity contribution in [3.8, 4) is 5.75 Å². The summed E-state index contributed by atoms with van der Waals surface area (Å²) in [5.74, 6) is 2.91. The SMILES string of the molecule is CC.CCCc1cc(Cl)ccc1C1COc2ccc3cc2N(C1)CC1CCC1C(c1nccn1C)/C=C/CC(C)C(C)S(=O)NC3=O. The topological polar surface area (TPSA) is 76.5 Å². The average Bonchev–Trinajstić information content (AvgIpc) is 3.40. The number of nitrogens with zero attached hydrogens (tertiary/aromatic N) is 3. The van der Waals surface area contributed by atoms with Gasteiger partial charge in [-0.15, -0.1) is 0 Å². The van der Waals surface area contributed by atoms with Crippen LogP contribution in [0.1, 0.15) is 99.4 Å². The molecule has 1 fully saturated rings. The third-order valence-corrected chi connectivity index (χ3v) is 12.0. The van der Waals surface area contributed by atoms with E-state index in [-0.39, 0.29) is 28.9 Å². The van der Waals surface area contributed by atoms with E-state index in [1.165, 1.54) is 11.1 Å². The van der Waals surface area contributed by atoms with Gasteiger partial charge in [0.05, 0.1) is 17.5 Å². The number of benzene rings is 2. The van der Waals surface area contributed by atoms with Gasteiger partial charge in [0.15, 0.2) is 0 Å². The van der Waals surface area contributed by atoms with Crippen molar-refractivity contribution in [2.45, 2.75) is 83.8 Å². The Morgan fingerprint density at radius 3 is 2.62 bits per heavy atom.